The van der Waals surface area contributed by atoms with Gasteiger partial charge >= 0.3 is 5.97 Å². The summed E-state index contributed by atoms with van der Waals surface area (Å²) in [6.45, 7) is 1.47. The van der Waals surface area contributed by atoms with E-state index < -0.39 is 30.3 Å². The normalized spacial score (nSPS) is 15.9. The molecule has 29 heavy (non-hydrogen) atoms. The van der Waals surface area contributed by atoms with E-state index in [1.54, 1.807) is 42.5 Å². The Labute approximate surface area is 172 Å². The number of esters is 1. The first-order valence-electron chi connectivity index (χ1n) is 8.97. The maximum Gasteiger partial charge on any atom is 0.311 e. The van der Waals surface area contributed by atoms with Crippen LogP contribution < -0.4 is 5.43 Å². The minimum absolute atomic E-state index is 0.0351. The molecule has 0 bridgehead atoms. The van der Waals surface area contributed by atoms with Gasteiger partial charge in [-0.25, -0.2) is 0 Å². The third-order valence-electron chi connectivity index (χ3n) is 4.53. The van der Waals surface area contributed by atoms with E-state index in [1.165, 1.54) is 6.07 Å². The molecular weight excluding hydrogens is 396 g/mol. The van der Waals surface area contributed by atoms with Gasteiger partial charge in [0, 0.05) is 12.0 Å². The molecule has 150 valence electrons. The number of rotatable bonds is 6. The Hall–Kier alpha value is -3.19. The van der Waals surface area contributed by atoms with Gasteiger partial charge in [-0.3, -0.25) is 29.6 Å². The van der Waals surface area contributed by atoms with Crippen LogP contribution in [0.4, 0.5) is 0 Å². The quantitative estimate of drug-likeness (QED) is 0.579. The number of hydrogen-bond acceptors (Lipinski definition) is 5. The first-order valence-corrected chi connectivity index (χ1v) is 9.35. The molecule has 7 nitrogen and oxygen atoms in total. The average Bonchev–Trinajstić information content (AvgIpc) is 3.07. The molecule has 1 aliphatic rings. The summed E-state index contributed by atoms with van der Waals surface area (Å²) < 4.78 is 5.08. The van der Waals surface area contributed by atoms with Crippen LogP contribution in [0.3, 0.4) is 0 Å². The van der Waals surface area contributed by atoms with E-state index in [1.807, 2.05) is 6.92 Å². The van der Waals surface area contributed by atoms with Gasteiger partial charge < -0.3 is 4.74 Å². The van der Waals surface area contributed by atoms with Gasteiger partial charge in [0.05, 0.1) is 23.0 Å². The molecule has 0 aromatic heterocycles. The van der Waals surface area contributed by atoms with Gasteiger partial charge in [-0.2, -0.15) is 0 Å². The molecule has 1 unspecified atom stereocenters. The highest BCUT2D eigenvalue weighted by Crippen LogP contribution is 2.20. The van der Waals surface area contributed by atoms with Crippen molar-refractivity contribution in [1.29, 1.82) is 0 Å². The van der Waals surface area contributed by atoms with Crippen molar-refractivity contribution in [2.45, 2.75) is 13.3 Å². The highest BCUT2D eigenvalue weighted by molar-refractivity contribution is 6.33. The predicted molar refractivity (Wildman–Crippen MR) is 105 cm³/mol. The summed E-state index contributed by atoms with van der Waals surface area (Å²) in [4.78, 5) is 48.8. The number of ketones is 1. The summed E-state index contributed by atoms with van der Waals surface area (Å²) in [5.74, 6) is -2.72. The second kappa shape index (κ2) is 8.87. The minimum atomic E-state index is -0.764. The Morgan fingerprint density at radius 1 is 1.14 bits per heavy atom. The number of benzene rings is 2. The van der Waals surface area contributed by atoms with Crippen LogP contribution in [0.1, 0.15) is 32.7 Å². The summed E-state index contributed by atoms with van der Waals surface area (Å²) in [7, 11) is 0. The number of hydrazine groups is 1. The molecule has 1 fully saturated rings. The zero-order chi connectivity index (χ0) is 21.0. The summed E-state index contributed by atoms with van der Waals surface area (Å²) in [5, 5.41) is 1.32. The first-order chi connectivity index (χ1) is 13.8. The SMILES string of the molecule is Cc1ccc(C(=O)COC(=O)C2CC(=O)N(NC(=O)c3ccccc3Cl)C2)cc1. The Kier molecular flexibility index (Phi) is 6.29. The number of nitrogens with one attached hydrogen (secondary N) is 1. The second-order valence-corrected chi connectivity index (χ2v) is 7.13. The number of ether oxygens (including phenoxy) is 1. The van der Waals surface area contributed by atoms with Crippen molar-refractivity contribution < 1.29 is 23.9 Å². The van der Waals surface area contributed by atoms with Gasteiger partial charge in [0.2, 0.25) is 5.91 Å². The zero-order valence-corrected chi connectivity index (χ0v) is 16.4. The molecule has 1 saturated heterocycles. The van der Waals surface area contributed by atoms with E-state index in [0.717, 1.165) is 10.6 Å². The third-order valence-corrected chi connectivity index (χ3v) is 4.86. The van der Waals surface area contributed by atoms with Crippen LogP contribution in [-0.2, 0) is 14.3 Å². The number of carbonyl (C=O) groups is 4. The van der Waals surface area contributed by atoms with Crippen LogP contribution in [-0.4, -0.2) is 41.7 Å². The maximum absolute atomic E-state index is 12.3. The highest BCUT2D eigenvalue weighted by atomic mass is 35.5. The van der Waals surface area contributed by atoms with Crippen LogP contribution >= 0.6 is 11.6 Å². The lowest BCUT2D eigenvalue weighted by molar-refractivity contribution is -0.147. The van der Waals surface area contributed by atoms with Gasteiger partial charge in [0.25, 0.3) is 5.91 Å². The minimum Gasteiger partial charge on any atom is -0.457 e. The summed E-state index contributed by atoms with van der Waals surface area (Å²) >= 11 is 5.98. The van der Waals surface area contributed by atoms with Gasteiger partial charge in [-0.15, -0.1) is 0 Å². The lowest BCUT2D eigenvalue weighted by atomic mass is 10.1. The number of carbonyl (C=O) groups excluding carboxylic acids is 4. The van der Waals surface area contributed by atoms with E-state index in [4.69, 9.17) is 16.3 Å². The topological polar surface area (TPSA) is 92.8 Å². The number of Topliss-reactive ketones (excluding diaryl/α,β-unsaturated/α-hetero) is 1. The molecule has 1 aliphatic heterocycles. The standard InChI is InChI=1S/C21H19ClN2O5/c1-13-6-8-14(9-7-13)18(25)12-29-21(28)15-10-19(26)24(11-15)23-20(27)16-4-2-3-5-17(16)22/h2-9,15H,10-12H2,1H3,(H,23,27). The molecule has 0 spiro atoms. The number of aryl methyl sites for hydroxylation is 1. The van der Waals surface area contributed by atoms with Gasteiger partial charge in [-0.1, -0.05) is 53.6 Å². The molecule has 3 rings (SSSR count). The molecule has 1 atom stereocenters. The molecule has 8 heteroatoms. The third kappa shape index (κ3) is 5.00. The molecule has 1 N–H and O–H groups in total. The van der Waals surface area contributed by atoms with E-state index in [9.17, 15) is 19.2 Å². The van der Waals surface area contributed by atoms with E-state index >= 15 is 0 Å². The fourth-order valence-electron chi connectivity index (χ4n) is 2.88. The monoisotopic (exact) mass is 414 g/mol. The number of nitrogens with zero attached hydrogens (tertiary/aromatic N) is 1. The van der Waals surface area contributed by atoms with Crippen molar-refractivity contribution in [1.82, 2.24) is 10.4 Å². The molecule has 0 aliphatic carbocycles. The molecule has 2 aromatic carbocycles. The van der Waals surface area contributed by atoms with Gasteiger partial charge in [0.1, 0.15) is 0 Å². The number of hydrogen-bond donors (Lipinski definition) is 1. The van der Waals surface area contributed by atoms with Crippen LogP contribution in [0.15, 0.2) is 48.5 Å². The highest BCUT2D eigenvalue weighted by Gasteiger charge is 2.37. The number of halogens is 1. The van der Waals surface area contributed by atoms with E-state index in [-0.39, 0.29) is 29.3 Å². The Morgan fingerprint density at radius 3 is 2.52 bits per heavy atom. The summed E-state index contributed by atoms with van der Waals surface area (Å²) in [5.41, 5.74) is 4.13. The predicted octanol–water partition coefficient (Wildman–Crippen LogP) is 2.57. The van der Waals surface area contributed by atoms with Crippen molar-refractivity contribution in [3.8, 4) is 0 Å². The van der Waals surface area contributed by atoms with Crippen molar-refractivity contribution in [3.05, 3.63) is 70.2 Å². The van der Waals surface area contributed by atoms with Crippen molar-refractivity contribution >= 4 is 35.2 Å². The molecule has 2 amide bonds. The maximum atomic E-state index is 12.3. The average molecular weight is 415 g/mol. The number of amides is 2. The molecular formula is C21H19ClN2O5. The lowest BCUT2D eigenvalue weighted by Crippen LogP contribution is -2.43. The van der Waals surface area contributed by atoms with Crippen molar-refractivity contribution in [2.24, 2.45) is 5.92 Å². The van der Waals surface area contributed by atoms with Gasteiger partial charge in [0.15, 0.2) is 12.4 Å². The summed E-state index contributed by atoms with van der Waals surface area (Å²) in [6.07, 6.45) is -0.111. The Morgan fingerprint density at radius 2 is 1.83 bits per heavy atom. The molecule has 2 aromatic rings. The molecule has 0 radical (unpaired) electrons. The smallest absolute Gasteiger partial charge is 0.311 e. The lowest BCUT2D eigenvalue weighted by Gasteiger charge is -2.18. The van der Waals surface area contributed by atoms with Crippen LogP contribution in [0.5, 0.6) is 0 Å². The Balaban J connectivity index is 1.53. The largest absolute Gasteiger partial charge is 0.457 e. The fraction of sp³-hybridized carbons (Fsp3) is 0.238. The van der Waals surface area contributed by atoms with Crippen LogP contribution in [0.25, 0.3) is 0 Å². The van der Waals surface area contributed by atoms with Crippen LogP contribution in [0.2, 0.25) is 5.02 Å². The Bertz CT molecular complexity index is 958. The van der Waals surface area contributed by atoms with E-state index in [2.05, 4.69) is 5.43 Å². The van der Waals surface area contributed by atoms with Crippen molar-refractivity contribution in [2.75, 3.05) is 13.2 Å². The fourth-order valence-corrected chi connectivity index (χ4v) is 3.10. The van der Waals surface area contributed by atoms with Crippen molar-refractivity contribution in [3.63, 3.8) is 0 Å². The van der Waals surface area contributed by atoms with E-state index in [0.29, 0.717) is 5.56 Å². The first kappa shape index (κ1) is 20.5. The van der Waals surface area contributed by atoms with Crippen LogP contribution in [0, 0.1) is 12.8 Å². The molecule has 1 heterocycles. The zero-order valence-electron chi connectivity index (χ0n) is 15.7. The van der Waals surface area contributed by atoms with Gasteiger partial charge in [-0.05, 0) is 19.1 Å². The molecule has 0 saturated carbocycles. The summed E-state index contributed by atoms with van der Waals surface area (Å²) in [6, 6.07) is 13.3. The second-order valence-electron chi connectivity index (χ2n) is 6.72.